The largest absolute Gasteiger partial charge is 0.387 e. The maximum Gasteiger partial charge on any atom is 0.115 e. The molecule has 4 nitrogen and oxygen atoms in total. The van der Waals surface area contributed by atoms with Crippen LogP contribution in [0.1, 0.15) is 35.8 Å². The SMILES string of the molecule is CC(NC1Cc2ccccc2C1O)c1ccc(-c2cncnc2)cc1. The average molecular weight is 331 g/mol. The van der Waals surface area contributed by atoms with Gasteiger partial charge in [-0.15, -0.1) is 0 Å². The number of nitrogens with one attached hydrogen (secondary N) is 1. The second kappa shape index (κ2) is 6.75. The molecular formula is C21H21N3O. The van der Waals surface area contributed by atoms with Gasteiger partial charge in [-0.25, -0.2) is 9.97 Å². The monoisotopic (exact) mass is 331 g/mol. The summed E-state index contributed by atoms with van der Waals surface area (Å²) in [4.78, 5) is 8.13. The zero-order valence-corrected chi connectivity index (χ0v) is 14.1. The van der Waals surface area contributed by atoms with Crippen LogP contribution in [-0.4, -0.2) is 21.1 Å². The number of hydrogen-bond donors (Lipinski definition) is 2. The smallest absolute Gasteiger partial charge is 0.115 e. The van der Waals surface area contributed by atoms with Gasteiger partial charge in [0.05, 0.1) is 6.10 Å². The lowest BCUT2D eigenvalue weighted by Crippen LogP contribution is -2.34. The van der Waals surface area contributed by atoms with E-state index in [0.717, 1.165) is 23.1 Å². The molecular weight excluding hydrogens is 310 g/mol. The average Bonchev–Trinajstić information content (AvgIpc) is 2.98. The van der Waals surface area contributed by atoms with Crippen molar-refractivity contribution in [2.75, 3.05) is 0 Å². The van der Waals surface area contributed by atoms with E-state index in [0.29, 0.717) is 0 Å². The topological polar surface area (TPSA) is 58.0 Å². The molecule has 25 heavy (non-hydrogen) atoms. The van der Waals surface area contributed by atoms with Gasteiger partial charge in [0.1, 0.15) is 6.33 Å². The van der Waals surface area contributed by atoms with Crippen LogP contribution in [0.4, 0.5) is 0 Å². The van der Waals surface area contributed by atoms with Crippen LogP contribution in [0, 0.1) is 0 Å². The summed E-state index contributed by atoms with van der Waals surface area (Å²) in [7, 11) is 0. The Labute approximate surface area is 147 Å². The van der Waals surface area contributed by atoms with Gasteiger partial charge in [-0.05, 0) is 35.6 Å². The van der Waals surface area contributed by atoms with Gasteiger partial charge in [0.2, 0.25) is 0 Å². The molecule has 3 unspecified atom stereocenters. The second-order valence-corrected chi connectivity index (χ2v) is 6.59. The first-order chi connectivity index (χ1) is 12.2. The maximum absolute atomic E-state index is 10.6. The molecule has 0 aliphatic heterocycles. The summed E-state index contributed by atoms with van der Waals surface area (Å²) in [5.41, 5.74) is 5.59. The van der Waals surface area contributed by atoms with Crippen molar-refractivity contribution in [2.24, 2.45) is 0 Å². The van der Waals surface area contributed by atoms with Gasteiger partial charge in [0.15, 0.2) is 0 Å². The molecule has 2 N–H and O–H groups in total. The third-order valence-electron chi connectivity index (χ3n) is 4.96. The molecule has 0 fully saturated rings. The van der Waals surface area contributed by atoms with Gasteiger partial charge in [-0.3, -0.25) is 0 Å². The Morgan fingerprint density at radius 2 is 1.72 bits per heavy atom. The van der Waals surface area contributed by atoms with Crippen molar-refractivity contribution < 1.29 is 5.11 Å². The number of aromatic nitrogens is 2. The van der Waals surface area contributed by atoms with Crippen molar-refractivity contribution in [1.82, 2.24) is 15.3 Å². The van der Waals surface area contributed by atoms with Gasteiger partial charge in [0.25, 0.3) is 0 Å². The molecule has 0 bridgehead atoms. The summed E-state index contributed by atoms with van der Waals surface area (Å²) in [5, 5.41) is 14.1. The molecule has 1 aromatic heterocycles. The Bertz CT molecular complexity index is 849. The summed E-state index contributed by atoms with van der Waals surface area (Å²) >= 11 is 0. The van der Waals surface area contributed by atoms with Gasteiger partial charge in [-0.1, -0.05) is 48.5 Å². The molecule has 4 heteroatoms. The Morgan fingerprint density at radius 3 is 2.44 bits per heavy atom. The molecule has 1 aliphatic carbocycles. The van der Waals surface area contributed by atoms with Crippen LogP contribution < -0.4 is 5.32 Å². The Morgan fingerprint density at radius 1 is 1.00 bits per heavy atom. The van der Waals surface area contributed by atoms with Gasteiger partial charge in [-0.2, -0.15) is 0 Å². The Hall–Kier alpha value is -2.56. The van der Waals surface area contributed by atoms with Gasteiger partial charge >= 0.3 is 0 Å². The van der Waals surface area contributed by atoms with E-state index in [2.05, 4.69) is 52.5 Å². The first kappa shape index (κ1) is 15.9. The highest BCUT2D eigenvalue weighted by molar-refractivity contribution is 5.61. The van der Waals surface area contributed by atoms with E-state index < -0.39 is 6.10 Å². The summed E-state index contributed by atoms with van der Waals surface area (Å²) in [6.07, 6.45) is 5.58. The van der Waals surface area contributed by atoms with E-state index in [1.165, 1.54) is 17.5 Å². The highest BCUT2D eigenvalue weighted by Gasteiger charge is 2.31. The van der Waals surface area contributed by atoms with Crippen molar-refractivity contribution >= 4 is 0 Å². The fourth-order valence-corrected chi connectivity index (χ4v) is 3.55. The molecule has 0 saturated carbocycles. The third-order valence-corrected chi connectivity index (χ3v) is 4.96. The van der Waals surface area contributed by atoms with Crippen LogP contribution in [-0.2, 0) is 6.42 Å². The van der Waals surface area contributed by atoms with Crippen LogP contribution >= 0.6 is 0 Å². The minimum atomic E-state index is -0.445. The second-order valence-electron chi connectivity index (χ2n) is 6.59. The maximum atomic E-state index is 10.6. The number of hydrogen-bond acceptors (Lipinski definition) is 4. The van der Waals surface area contributed by atoms with E-state index in [4.69, 9.17) is 0 Å². The van der Waals surface area contributed by atoms with E-state index in [1.54, 1.807) is 0 Å². The molecule has 3 atom stereocenters. The lowest BCUT2D eigenvalue weighted by molar-refractivity contribution is 0.136. The van der Waals surface area contributed by atoms with Crippen LogP contribution in [0.2, 0.25) is 0 Å². The number of benzene rings is 2. The summed E-state index contributed by atoms with van der Waals surface area (Å²) in [5.74, 6) is 0. The van der Waals surface area contributed by atoms with Crippen molar-refractivity contribution in [2.45, 2.75) is 31.5 Å². The highest BCUT2D eigenvalue weighted by atomic mass is 16.3. The Kier molecular flexibility index (Phi) is 4.30. The van der Waals surface area contributed by atoms with Crippen molar-refractivity contribution in [3.63, 3.8) is 0 Å². The van der Waals surface area contributed by atoms with E-state index in [1.807, 2.05) is 30.6 Å². The molecule has 2 aromatic carbocycles. The number of rotatable bonds is 4. The fourth-order valence-electron chi connectivity index (χ4n) is 3.55. The van der Waals surface area contributed by atoms with Gasteiger partial charge < -0.3 is 10.4 Å². The Balaban J connectivity index is 1.46. The lowest BCUT2D eigenvalue weighted by Gasteiger charge is -2.23. The summed E-state index contributed by atoms with van der Waals surface area (Å²) in [6, 6.07) is 16.8. The van der Waals surface area contributed by atoms with Crippen molar-refractivity contribution in [1.29, 1.82) is 0 Å². The number of aliphatic hydroxyl groups is 1. The zero-order chi connectivity index (χ0) is 17.2. The number of nitrogens with zero attached hydrogens (tertiary/aromatic N) is 2. The van der Waals surface area contributed by atoms with Crippen LogP contribution in [0.15, 0.2) is 67.3 Å². The summed E-state index contributed by atoms with van der Waals surface area (Å²) in [6.45, 7) is 2.14. The lowest BCUT2D eigenvalue weighted by atomic mass is 10.0. The van der Waals surface area contributed by atoms with E-state index >= 15 is 0 Å². The molecule has 0 radical (unpaired) electrons. The number of fused-ring (bicyclic) bond motifs is 1. The van der Waals surface area contributed by atoms with Gasteiger partial charge in [0, 0.05) is 30.0 Å². The van der Waals surface area contributed by atoms with E-state index in [9.17, 15) is 5.11 Å². The molecule has 0 amide bonds. The molecule has 1 heterocycles. The molecule has 4 rings (SSSR count). The quantitative estimate of drug-likeness (QED) is 0.769. The third kappa shape index (κ3) is 3.18. The first-order valence-electron chi connectivity index (χ1n) is 8.59. The first-order valence-corrected chi connectivity index (χ1v) is 8.59. The molecule has 0 saturated heterocycles. The minimum Gasteiger partial charge on any atom is -0.387 e. The molecule has 1 aliphatic rings. The fraction of sp³-hybridized carbons (Fsp3) is 0.238. The van der Waals surface area contributed by atoms with E-state index in [-0.39, 0.29) is 12.1 Å². The van der Waals surface area contributed by atoms with Crippen molar-refractivity contribution in [3.8, 4) is 11.1 Å². The highest BCUT2D eigenvalue weighted by Crippen LogP contribution is 2.32. The predicted octanol–water partition coefficient (Wildman–Crippen LogP) is 3.45. The zero-order valence-electron chi connectivity index (χ0n) is 14.1. The van der Waals surface area contributed by atoms with Crippen LogP contribution in [0.5, 0.6) is 0 Å². The van der Waals surface area contributed by atoms with Crippen LogP contribution in [0.3, 0.4) is 0 Å². The standard InChI is InChI=1S/C21H21N3O/c1-14(24-20-10-17-4-2-3-5-19(17)21(20)25)15-6-8-16(9-7-15)18-11-22-13-23-12-18/h2-9,11-14,20-21,24-25H,10H2,1H3. The summed E-state index contributed by atoms with van der Waals surface area (Å²) < 4.78 is 0. The molecule has 126 valence electrons. The normalized spacial score (nSPS) is 20.2. The predicted molar refractivity (Wildman–Crippen MR) is 97.9 cm³/mol. The van der Waals surface area contributed by atoms with Crippen LogP contribution in [0.25, 0.3) is 11.1 Å². The minimum absolute atomic E-state index is 0.0506. The van der Waals surface area contributed by atoms with Crippen molar-refractivity contribution in [3.05, 3.63) is 83.9 Å². The number of aliphatic hydroxyl groups excluding tert-OH is 1. The molecule has 0 spiro atoms. The molecule has 3 aromatic rings.